The second kappa shape index (κ2) is 25.1. The van der Waals surface area contributed by atoms with Gasteiger partial charge in [0.1, 0.15) is 30.1 Å². The molecule has 3 N–H and O–H groups in total. The number of ketones is 3. The molecule has 3 heterocycles. The van der Waals surface area contributed by atoms with Gasteiger partial charge in [0.05, 0.1) is 24.4 Å². The summed E-state index contributed by atoms with van der Waals surface area (Å²) in [6.07, 6.45) is 11.2. The van der Waals surface area contributed by atoms with Crippen LogP contribution >= 0.6 is 0 Å². The van der Waals surface area contributed by atoms with Crippen LogP contribution in [0.15, 0.2) is 47.6 Å². The molecule has 0 radical (unpaired) electrons. The fourth-order valence-corrected chi connectivity index (χ4v) is 10.1. The van der Waals surface area contributed by atoms with Gasteiger partial charge >= 0.3 is 5.97 Å². The molecule has 0 aromatic rings. The molecule has 14 heteroatoms. The third kappa shape index (κ3) is 14.3. The van der Waals surface area contributed by atoms with Gasteiger partial charge in [-0.2, -0.15) is 0 Å². The molecule has 0 aromatic carbocycles. The molecule has 1 amide bonds. The van der Waals surface area contributed by atoms with Crippen molar-refractivity contribution in [2.45, 2.75) is 180 Å². The number of aliphatic hydroxyl groups excluding tert-OH is 2. The van der Waals surface area contributed by atoms with Crippen molar-refractivity contribution in [3.63, 3.8) is 0 Å². The van der Waals surface area contributed by atoms with E-state index < -0.39 is 83.9 Å². The van der Waals surface area contributed by atoms with Crippen LogP contribution in [0.5, 0.6) is 0 Å². The molecule has 2 bridgehead atoms. The van der Waals surface area contributed by atoms with Crippen molar-refractivity contribution < 1.29 is 63.0 Å². The van der Waals surface area contributed by atoms with Crippen LogP contribution in [0.3, 0.4) is 0 Å². The number of ether oxygens (including phenoxy) is 5. The number of methoxy groups -OCH3 is 3. The van der Waals surface area contributed by atoms with Gasteiger partial charge in [-0.3, -0.25) is 19.2 Å². The normalized spacial score (nSPS) is 38.8. The monoisotopic (exact) mass is 914 g/mol. The molecule has 1 saturated carbocycles. The van der Waals surface area contributed by atoms with Crippen LogP contribution in [0.4, 0.5) is 0 Å². The molecule has 366 valence electrons. The zero-order chi connectivity index (χ0) is 48.2. The Morgan fingerprint density at radius 2 is 1.57 bits per heavy atom. The molecule has 3 fully saturated rings. The minimum atomic E-state index is -2.43. The van der Waals surface area contributed by atoms with Crippen LogP contribution in [0, 0.1) is 35.5 Å². The van der Waals surface area contributed by atoms with Crippen LogP contribution in [-0.2, 0) is 47.7 Å². The molecule has 2 saturated heterocycles. The molecular formula is C51H79NO13. The number of cyclic esters (lactones) is 1. The Morgan fingerprint density at radius 3 is 2.25 bits per heavy atom. The lowest BCUT2D eigenvalue weighted by Crippen LogP contribution is -2.61. The van der Waals surface area contributed by atoms with E-state index in [2.05, 4.69) is 0 Å². The Hall–Kier alpha value is -3.37. The summed E-state index contributed by atoms with van der Waals surface area (Å²) in [6.45, 7) is 12.7. The van der Waals surface area contributed by atoms with E-state index in [4.69, 9.17) is 23.7 Å². The largest absolute Gasteiger partial charge is 0.460 e. The number of aliphatic hydroxyl groups is 3. The lowest BCUT2D eigenvalue weighted by atomic mass is 9.78. The van der Waals surface area contributed by atoms with E-state index in [0.717, 1.165) is 12.0 Å². The van der Waals surface area contributed by atoms with Crippen molar-refractivity contribution in [3.05, 3.63) is 47.6 Å². The predicted molar refractivity (Wildman–Crippen MR) is 245 cm³/mol. The molecule has 14 nitrogen and oxygen atoms in total. The standard InChI is InChI=1S/C51H79NO13/c1-30-16-12-11-13-17-31(2)42(61-8)28-38-21-19-36(7)51(60,65-38)48(57)49(58)52-23-15-14-18-39(52)50(59)64-43(33(4)26-37-20-22-40(53)44(27-37)62-9)29-41(54)32(3)25-35(6)46(56)47(63-10)45(55)34(5)24-30/h11-13,16-17,25,30,32-34,36-40,42-44,46-47,53,56,60H,14-15,18-24,26-29H2,1-10H3/b13-11+,16-12+,31-17?,35-25?/t30-,32-,33-,34-,36-,37+,38+,39+,40-,42+,43+,44-,46-,47+,51-/m1/s1. The van der Waals surface area contributed by atoms with Crippen LogP contribution in [0.1, 0.15) is 126 Å². The predicted octanol–water partition coefficient (Wildman–Crippen LogP) is 6.18. The Bertz CT molecular complexity index is 1760. The van der Waals surface area contributed by atoms with Gasteiger partial charge < -0.3 is 43.9 Å². The fraction of sp³-hybridized carbons (Fsp3) is 0.745. The Morgan fingerprint density at radius 1 is 0.846 bits per heavy atom. The summed E-state index contributed by atoms with van der Waals surface area (Å²) in [5.41, 5.74) is 1.27. The molecule has 65 heavy (non-hydrogen) atoms. The molecule has 0 spiro atoms. The minimum absolute atomic E-state index is 0.0193. The Kier molecular flexibility index (Phi) is 21.0. The number of rotatable bonds is 6. The van der Waals surface area contributed by atoms with Crippen molar-refractivity contribution in [2.75, 3.05) is 27.9 Å². The number of carbonyl (C=O) groups excluding carboxylic acids is 5. The van der Waals surface area contributed by atoms with E-state index in [1.807, 2.05) is 58.1 Å². The average molecular weight is 914 g/mol. The quantitative estimate of drug-likeness (QED) is 0.156. The van der Waals surface area contributed by atoms with Gasteiger partial charge in [-0.15, -0.1) is 0 Å². The van der Waals surface area contributed by atoms with E-state index in [1.165, 1.54) is 12.0 Å². The van der Waals surface area contributed by atoms with Gasteiger partial charge in [0, 0.05) is 58.5 Å². The first-order valence-corrected chi connectivity index (χ1v) is 23.9. The number of hydrogen-bond donors (Lipinski definition) is 3. The lowest BCUT2D eigenvalue weighted by Gasteiger charge is -2.42. The number of Topliss-reactive ketones (excluding diaryl/α,β-unsaturated/α-hetero) is 3. The molecule has 3 aliphatic heterocycles. The summed E-state index contributed by atoms with van der Waals surface area (Å²) < 4.78 is 29.4. The van der Waals surface area contributed by atoms with Gasteiger partial charge in [0.15, 0.2) is 5.78 Å². The van der Waals surface area contributed by atoms with Gasteiger partial charge in [0.2, 0.25) is 5.79 Å². The van der Waals surface area contributed by atoms with Crippen LogP contribution in [0.25, 0.3) is 0 Å². The van der Waals surface area contributed by atoms with E-state index in [9.17, 15) is 39.3 Å². The number of allylic oxidation sites excluding steroid dienone is 6. The summed E-state index contributed by atoms with van der Waals surface area (Å²) >= 11 is 0. The van der Waals surface area contributed by atoms with Crippen molar-refractivity contribution >= 4 is 29.2 Å². The number of piperidine rings is 1. The van der Waals surface area contributed by atoms with Crippen molar-refractivity contribution in [2.24, 2.45) is 35.5 Å². The van der Waals surface area contributed by atoms with E-state index >= 15 is 0 Å². The fourth-order valence-electron chi connectivity index (χ4n) is 10.1. The number of esters is 1. The van der Waals surface area contributed by atoms with E-state index in [-0.39, 0.29) is 54.8 Å². The number of fused-ring (bicyclic) bond motifs is 3. The van der Waals surface area contributed by atoms with Gasteiger partial charge in [-0.1, -0.05) is 71.1 Å². The van der Waals surface area contributed by atoms with Crippen molar-refractivity contribution in [1.82, 2.24) is 4.90 Å². The Balaban J connectivity index is 1.70. The number of amides is 1. The van der Waals surface area contributed by atoms with E-state index in [1.54, 1.807) is 41.1 Å². The highest BCUT2D eigenvalue weighted by atomic mass is 16.6. The molecule has 0 aromatic heterocycles. The molecule has 4 rings (SSSR count). The van der Waals surface area contributed by atoms with Gasteiger partial charge in [0.25, 0.3) is 11.7 Å². The maximum Gasteiger partial charge on any atom is 0.329 e. The third-order valence-electron chi connectivity index (χ3n) is 14.5. The number of nitrogens with zero attached hydrogens (tertiary/aromatic N) is 1. The van der Waals surface area contributed by atoms with Crippen LogP contribution in [-0.4, -0.2) is 132 Å². The topological polar surface area (TPSA) is 195 Å². The van der Waals surface area contributed by atoms with Crippen molar-refractivity contribution in [1.29, 1.82) is 0 Å². The summed E-state index contributed by atoms with van der Waals surface area (Å²) in [5, 5.41) is 33.8. The molecular weight excluding hydrogens is 835 g/mol. The summed E-state index contributed by atoms with van der Waals surface area (Å²) in [5.74, 6) is -7.96. The smallest absolute Gasteiger partial charge is 0.329 e. The highest BCUT2D eigenvalue weighted by Crippen LogP contribution is 2.38. The zero-order valence-electron chi connectivity index (χ0n) is 40.6. The summed E-state index contributed by atoms with van der Waals surface area (Å²) in [4.78, 5) is 71.8. The first kappa shape index (κ1) is 54.2. The van der Waals surface area contributed by atoms with Gasteiger partial charge in [-0.25, -0.2) is 4.79 Å². The van der Waals surface area contributed by atoms with Crippen molar-refractivity contribution in [3.8, 4) is 0 Å². The maximum atomic E-state index is 14.4. The SMILES string of the molecule is CO[C@H]1C[C@@H]2CC[C@@H](C)[C@@](O)(O2)C(=O)C(=O)N2CCCC[C@H]2C(=O)O[C@H]([C@H](C)C[C@@H]2CC[C@@H](O)[C@H](OC)C2)CC(=O)[C@H](C)C=C(C)[C@@H](O)[C@@H](OC)C(=O)[C@H](C)C[C@H](C)/C=C/C=C/C=C1C. The van der Waals surface area contributed by atoms with Crippen LogP contribution in [0.2, 0.25) is 0 Å². The molecule has 0 unspecified atom stereocenters. The highest BCUT2D eigenvalue weighted by molar-refractivity contribution is 6.39. The first-order valence-electron chi connectivity index (χ1n) is 23.9. The average Bonchev–Trinajstić information content (AvgIpc) is 3.28. The summed E-state index contributed by atoms with van der Waals surface area (Å²) in [6, 6.07) is -1.14. The Labute approximate surface area is 387 Å². The zero-order valence-corrected chi connectivity index (χ0v) is 40.6. The summed E-state index contributed by atoms with van der Waals surface area (Å²) in [7, 11) is 4.52. The lowest BCUT2D eigenvalue weighted by molar-refractivity contribution is -0.265. The first-order chi connectivity index (χ1) is 30.7. The minimum Gasteiger partial charge on any atom is -0.460 e. The van der Waals surface area contributed by atoms with Crippen LogP contribution < -0.4 is 0 Å². The second-order valence-electron chi connectivity index (χ2n) is 19.6. The molecule has 1 aliphatic carbocycles. The van der Waals surface area contributed by atoms with Gasteiger partial charge in [-0.05, 0) is 107 Å². The highest BCUT2D eigenvalue weighted by Gasteiger charge is 2.53. The maximum absolute atomic E-state index is 14.4. The third-order valence-corrected chi connectivity index (χ3v) is 14.5. The second-order valence-corrected chi connectivity index (χ2v) is 19.6. The number of hydrogen-bond acceptors (Lipinski definition) is 13. The number of carbonyl (C=O) groups is 5. The molecule has 15 atom stereocenters. The molecule has 4 aliphatic rings. The van der Waals surface area contributed by atoms with E-state index in [0.29, 0.717) is 63.4 Å².